The number of halogens is 3. The molecule has 6 nitrogen and oxygen atoms in total. The van der Waals surface area contributed by atoms with Crippen molar-refractivity contribution in [3.05, 3.63) is 82.6 Å². The van der Waals surface area contributed by atoms with Crippen LogP contribution in [0.2, 0.25) is 0 Å². The van der Waals surface area contributed by atoms with Gasteiger partial charge in [-0.15, -0.1) is 0 Å². The molecule has 0 aromatic heterocycles. The van der Waals surface area contributed by atoms with E-state index in [0.29, 0.717) is 17.8 Å². The van der Waals surface area contributed by atoms with Crippen LogP contribution in [0, 0.1) is 5.92 Å². The normalized spacial score (nSPS) is 18.9. The van der Waals surface area contributed by atoms with Crippen molar-refractivity contribution in [1.82, 2.24) is 0 Å². The molecule has 1 aliphatic rings. The second-order valence-electron chi connectivity index (χ2n) is 8.49. The van der Waals surface area contributed by atoms with Crippen molar-refractivity contribution in [2.24, 2.45) is 16.6 Å². The van der Waals surface area contributed by atoms with E-state index in [1.807, 2.05) is 30.3 Å². The lowest BCUT2D eigenvalue weighted by Crippen LogP contribution is -2.36. The molecule has 0 saturated carbocycles. The number of hydrogen-bond acceptors (Lipinski definition) is 6. The van der Waals surface area contributed by atoms with Gasteiger partial charge in [0, 0.05) is 17.7 Å². The minimum Gasteiger partial charge on any atom is -0.468 e. The predicted octanol–water partition coefficient (Wildman–Crippen LogP) is 5.35. The van der Waals surface area contributed by atoms with Gasteiger partial charge in [0.2, 0.25) is 0 Å². The van der Waals surface area contributed by atoms with Crippen LogP contribution in [0.3, 0.4) is 0 Å². The monoisotopic (exact) mass is 502 g/mol. The van der Waals surface area contributed by atoms with E-state index in [-0.39, 0.29) is 30.2 Å². The molecule has 3 rings (SSSR count). The maximum absolute atomic E-state index is 13.5. The fourth-order valence-electron chi connectivity index (χ4n) is 4.43. The van der Waals surface area contributed by atoms with Gasteiger partial charge in [-0.3, -0.25) is 9.79 Å². The van der Waals surface area contributed by atoms with Gasteiger partial charge in [0.15, 0.2) is 0 Å². The van der Waals surface area contributed by atoms with Gasteiger partial charge >= 0.3 is 18.1 Å². The van der Waals surface area contributed by atoms with Crippen molar-refractivity contribution in [3.8, 4) is 0 Å². The van der Waals surface area contributed by atoms with Crippen molar-refractivity contribution >= 4 is 17.7 Å². The molecule has 0 radical (unpaired) electrons. The summed E-state index contributed by atoms with van der Waals surface area (Å²) in [6, 6.07) is 13.6. The molecule has 0 fully saturated rings. The summed E-state index contributed by atoms with van der Waals surface area (Å²) >= 11 is 0. The average molecular weight is 503 g/mol. The number of ether oxygens (including phenoxy) is 2. The Hall–Kier alpha value is -3.46. The van der Waals surface area contributed by atoms with Crippen LogP contribution in [-0.4, -0.2) is 31.4 Å². The molecule has 3 unspecified atom stereocenters. The number of rotatable bonds is 8. The maximum atomic E-state index is 13.5. The van der Waals surface area contributed by atoms with Gasteiger partial charge in [-0.2, -0.15) is 13.2 Å². The molecule has 192 valence electrons. The van der Waals surface area contributed by atoms with Gasteiger partial charge in [-0.05, 0) is 43.9 Å². The number of allylic oxidation sites excluding steroid dienone is 1. The first-order valence-electron chi connectivity index (χ1n) is 11.6. The van der Waals surface area contributed by atoms with E-state index in [0.717, 1.165) is 17.7 Å². The Morgan fingerprint density at radius 1 is 1.11 bits per heavy atom. The lowest BCUT2D eigenvalue weighted by atomic mass is 9.74. The van der Waals surface area contributed by atoms with Gasteiger partial charge in [0.05, 0.1) is 30.6 Å². The standard InChI is InChI=1S/C27H29F3N2O4/c1-4-36-26(34)24-21(14-13-20(31)17-9-6-5-7-10-17)32-16(2)22(25(33)35-3)23(24)18-11-8-12-19(15-18)27(28,29)30/h5-12,15,20,22-23H,4,13-14,31H2,1-3H3. The lowest BCUT2D eigenvalue weighted by Gasteiger charge is -2.32. The molecule has 36 heavy (non-hydrogen) atoms. The zero-order chi connectivity index (χ0) is 26.5. The van der Waals surface area contributed by atoms with Gasteiger partial charge in [0.1, 0.15) is 5.92 Å². The van der Waals surface area contributed by atoms with Crippen LogP contribution >= 0.6 is 0 Å². The molecule has 2 N–H and O–H groups in total. The second-order valence-corrected chi connectivity index (χ2v) is 8.49. The molecular formula is C27H29F3N2O4. The van der Waals surface area contributed by atoms with Crippen molar-refractivity contribution in [3.63, 3.8) is 0 Å². The summed E-state index contributed by atoms with van der Waals surface area (Å²) < 4.78 is 50.8. The molecule has 2 aromatic carbocycles. The number of hydrogen-bond donors (Lipinski definition) is 1. The number of alkyl halides is 3. The van der Waals surface area contributed by atoms with E-state index >= 15 is 0 Å². The number of carbonyl (C=O) groups is 2. The first-order chi connectivity index (χ1) is 17.1. The van der Waals surface area contributed by atoms with Crippen LogP contribution in [-0.2, 0) is 25.2 Å². The molecule has 1 heterocycles. The number of methoxy groups -OCH3 is 1. The highest BCUT2D eigenvalue weighted by Crippen LogP contribution is 2.43. The van der Waals surface area contributed by atoms with Crippen LogP contribution in [0.5, 0.6) is 0 Å². The summed E-state index contributed by atoms with van der Waals surface area (Å²) in [6.07, 6.45) is -3.93. The molecule has 0 spiro atoms. The number of benzene rings is 2. The van der Waals surface area contributed by atoms with Gasteiger partial charge in [-0.25, -0.2) is 4.79 Å². The minimum absolute atomic E-state index is 0.0393. The van der Waals surface area contributed by atoms with E-state index in [1.165, 1.54) is 19.2 Å². The fourth-order valence-corrected chi connectivity index (χ4v) is 4.43. The highest BCUT2D eigenvalue weighted by Gasteiger charge is 2.43. The summed E-state index contributed by atoms with van der Waals surface area (Å²) in [7, 11) is 1.18. The Kier molecular flexibility index (Phi) is 8.68. The Labute approximate surface area is 208 Å². The number of carbonyl (C=O) groups excluding carboxylic acids is 2. The SMILES string of the molecule is CCOC(=O)C1=C(CCC(N)c2ccccc2)N=C(C)C(C(=O)OC)C1c1cccc(C(F)(F)F)c1. The molecule has 9 heteroatoms. The number of aliphatic imine (C=N–C) groups is 1. The summed E-state index contributed by atoms with van der Waals surface area (Å²) in [4.78, 5) is 30.6. The quantitative estimate of drug-likeness (QED) is 0.492. The summed E-state index contributed by atoms with van der Waals surface area (Å²) in [6.45, 7) is 3.26. The number of nitrogens with two attached hydrogens (primary N) is 1. The zero-order valence-corrected chi connectivity index (χ0v) is 20.3. The Morgan fingerprint density at radius 3 is 2.42 bits per heavy atom. The largest absolute Gasteiger partial charge is 0.468 e. The molecule has 0 amide bonds. The molecule has 1 aliphatic heterocycles. The van der Waals surface area contributed by atoms with Crippen LogP contribution in [0.15, 0.2) is 70.9 Å². The molecule has 0 aliphatic carbocycles. The van der Waals surface area contributed by atoms with Crippen molar-refractivity contribution in [2.45, 2.75) is 44.8 Å². The number of nitrogens with zero attached hydrogens (tertiary/aromatic N) is 1. The first kappa shape index (κ1) is 27.1. The highest BCUT2D eigenvalue weighted by molar-refractivity contribution is 6.07. The Bertz CT molecular complexity index is 1160. The van der Waals surface area contributed by atoms with Gasteiger partial charge in [-0.1, -0.05) is 48.5 Å². The predicted molar refractivity (Wildman–Crippen MR) is 129 cm³/mol. The topological polar surface area (TPSA) is 91.0 Å². The van der Waals surface area contributed by atoms with Crippen LogP contribution in [0.25, 0.3) is 0 Å². The fraction of sp³-hybridized carbons (Fsp3) is 0.370. The summed E-state index contributed by atoms with van der Waals surface area (Å²) in [5.74, 6) is -3.61. The molecule has 0 saturated heterocycles. The van der Waals surface area contributed by atoms with Crippen molar-refractivity contribution in [1.29, 1.82) is 0 Å². The van der Waals surface area contributed by atoms with Crippen molar-refractivity contribution < 1.29 is 32.2 Å². The van der Waals surface area contributed by atoms with E-state index in [4.69, 9.17) is 15.2 Å². The third kappa shape index (κ3) is 6.02. The molecule has 0 bridgehead atoms. The van der Waals surface area contributed by atoms with E-state index in [9.17, 15) is 22.8 Å². The lowest BCUT2D eigenvalue weighted by molar-refractivity contribution is -0.144. The highest BCUT2D eigenvalue weighted by atomic mass is 19.4. The van der Waals surface area contributed by atoms with Gasteiger partial charge in [0.25, 0.3) is 0 Å². The minimum atomic E-state index is -4.60. The number of esters is 2. The molecule has 3 atom stereocenters. The van der Waals surface area contributed by atoms with Crippen LogP contribution < -0.4 is 5.73 Å². The third-order valence-corrected chi connectivity index (χ3v) is 6.16. The molecular weight excluding hydrogens is 473 g/mol. The van der Waals surface area contributed by atoms with E-state index < -0.39 is 35.5 Å². The smallest absolute Gasteiger partial charge is 0.416 e. The van der Waals surface area contributed by atoms with Crippen LogP contribution in [0.1, 0.15) is 55.3 Å². The summed E-state index contributed by atoms with van der Waals surface area (Å²) in [5.41, 5.74) is 7.21. The Balaban J connectivity index is 2.13. The van der Waals surface area contributed by atoms with E-state index in [2.05, 4.69) is 4.99 Å². The molecule has 2 aromatic rings. The summed E-state index contributed by atoms with van der Waals surface area (Å²) in [5, 5.41) is 0. The third-order valence-electron chi connectivity index (χ3n) is 6.16. The first-order valence-corrected chi connectivity index (χ1v) is 11.6. The maximum Gasteiger partial charge on any atom is 0.416 e. The second kappa shape index (κ2) is 11.5. The van der Waals surface area contributed by atoms with E-state index in [1.54, 1.807) is 13.8 Å². The Morgan fingerprint density at radius 2 is 1.81 bits per heavy atom. The average Bonchev–Trinajstić information content (AvgIpc) is 2.86. The zero-order valence-electron chi connectivity index (χ0n) is 20.3. The van der Waals surface area contributed by atoms with Gasteiger partial charge < -0.3 is 15.2 Å². The van der Waals surface area contributed by atoms with Crippen LogP contribution in [0.4, 0.5) is 13.2 Å². The van der Waals surface area contributed by atoms with Crippen molar-refractivity contribution in [2.75, 3.05) is 13.7 Å².